The van der Waals surface area contributed by atoms with Gasteiger partial charge in [-0.1, -0.05) is 0 Å². The molecule has 0 N–H and O–H groups in total. The number of rotatable bonds is 0. The second-order valence-electron chi connectivity index (χ2n) is 1.47. The molecule has 0 spiro atoms. The molecular formula is C4HF4NS. The van der Waals surface area contributed by atoms with E-state index < -0.39 is 17.1 Å². The third-order valence-corrected chi connectivity index (χ3v) is 1.58. The lowest BCUT2D eigenvalue weighted by atomic mass is 10.7. The number of aromatic nitrogens is 1. The summed E-state index contributed by atoms with van der Waals surface area (Å²) in [5.41, 5.74) is 0. The second-order valence-corrected chi connectivity index (χ2v) is 2.33. The summed E-state index contributed by atoms with van der Waals surface area (Å²) < 4.78 is 46.6. The van der Waals surface area contributed by atoms with Crippen molar-refractivity contribution in [2.45, 2.75) is 6.18 Å². The average Bonchev–Trinajstić information content (AvgIpc) is 2.11. The third kappa shape index (κ3) is 1.44. The fourth-order valence-electron chi connectivity index (χ4n) is 0.384. The Bertz CT molecular complexity index is 227. The largest absolute Gasteiger partial charge is 0.443 e. The van der Waals surface area contributed by atoms with Gasteiger partial charge in [-0.3, -0.25) is 0 Å². The van der Waals surface area contributed by atoms with Gasteiger partial charge in [0.1, 0.15) is 0 Å². The molecule has 0 amide bonds. The highest BCUT2D eigenvalue weighted by Gasteiger charge is 2.34. The van der Waals surface area contributed by atoms with Gasteiger partial charge in [-0.2, -0.15) is 17.6 Å². The first-order valence-corrected chi connectivity index (χ1v) is 3.06. The van der Waals surface area contributed by atoms with E-state index in [9.17, 15) is 17.6 Å². The Morgan fingerprint density at radius 3 is 2.20 bits per heavy atom. The van der Waals surface area contributed by atoms with E-state index in [0.29, 0.717) is 5.38 Å². The molecular weight excluding hydrogens is 170 g/mol. The van der Waals surface area contributed by atoms with Crippen LogP contribution in [0.4, 0.5) is 17.6 Å². The summed E-state index contributed by atoms with van der Waals surface area (Å²) >= 11 is 0.245. The van der Waals surface area contributed by atoms with E-state index in [1.54, 1.807) is 0 Å². The Balaban J connectivity index is 2.96. The summed E-state index contributed by atoms with van der Waals surface area (Å²) in [5, 5.41) is -0.437. The van der Waals surface area contributed by atoms with Gasteiger partial charge in [0.25, 0.3) is 0 Å². The van der Waals surface area contributed by atoms with E-state index in [2.05, 4.69) is 4.98 Å². The van der Waals surface area contributed by atoms with Crippen LogP contribution in [-0.4, -0.2) is 4.98 Å². The minimum Gasteiger partial charge on any atom is -0.203 e. The van der Waals surface area contributed by atoms with Crippen LogP contribution in [0, 0.1) is 5.95 Å². The molecule has 0 aromatic carbocycles. The molecule has 56 valence electrons. The molecule has 1 nitrogen and oxygen atoms in total. The van der Waals surface area contributed by atoms with Gasteiger partial charge in [-0.05, 0) is 0 Å². The maximum atomic E-state index is 11.9. The molecule has 1 heterocycles. The van der Waals surface area contributed by atoms with Crippen LogP contribution in [0.25, 0.3) is 0 Å². The smallest absolute Gasteiger partial charge is 0.203 e. The molecule has 0 radical (unpaired) electrons. The van der Waals surface area contributed by atoms with Gasteiger partial charge >= 0.3 is 6.18 Å². The van der Waals surface area contributed by atoms with Crippen molar-refractivity contribution in [1.29, 1.82) is 0 Å². The van der Waals surface area contributed by atoms with Gasteiger partial charge in [-0.25, -0.2) is 4.98 Å². The van der Waals surface area contributed by atoms with Gasteiger partial charge in [0.2, 0.25) is 11.0 Å². The molecule has 10 heavy (non-hydrogen) atoms. The van der Waals surface area contributed by atoms with Crippen molar-refractivity contribution in [3.05, 3.63) is 16.3 Å². The van der Waals surface area contributed by atoms with Crippen molar-refractivity contribution in [2.24, 2.45) is 0 Å². The van der Waals surface area contributed by atoms with Crippen molar-refractivity contribution >= 4 is 11.3 Å². The van der Waals surface area contributed by atoms with E-state index in [1.165, 1.54) is 0 Å². The fraction of sp³-hybridized carbons (Fsp3) is 0.250. The van der Waals surface area contributed by atoms with Gasteiger partial charge in [0.05, 0.1) is 0 Å². The number of alkyl halides is 3. The number of hydrogen-bond donors (Lipinski definition) is 0. The highest BCUT2D eigenvalue weighted by atomic mass is 32.1. The summed E-state index contributed by atoms with van der Waals surface area (Å²) in [7, 11) is 0. The first-order valence-electron chi connectivity index (χ1n) is 2.18. The van der Waals surface area contributed by atoms with E-state index in [0.717, 1.165) is 0 Å². The first kappa shape index (κ1) is 7.46. The number of thiazole rings is 1. The van der Waals surface area contributed by atoms with Gasteiger partial charge in [0.15, 0.2) is 0 Å². The molecule has 1 rings (SSSR count). The zero-order valence-electron chi connectivity index (χ0n) is 4.44. The van der Waals surface area contributed by atoms with E-state index in [4.69, 9.17) is 0 Å². The molecule has 0 unspecified atom stereocenters. The minimum absolute atomic E-state index is 0.245. The molecule has 0 aliphatic rings. The standard InChI is InChI=1S/C4HF4NS/c5-2-1-10-3(9-2)4(6,7)8/h1H. The van der Waals surface area contributed by atoms with E-state index >= 15 is 0 Å². The Morgan fingerprint density at radius 1 is 1.40 bits per heavy atom. The first-order chi connectivity index (χ1) is 4.50. The molecule has 0 atom stereocenters. The zero-order chi connectivity index (χ0) is 7.78. The van der Waals surface area contributed by atoms with Crippen molar-refractivity contribution < 1.29 is 17.6 Å². The molecule has 0 bridgehead atoms. The summed E-state index contributed by atoms with van der Waals surface area (Å²) in [6, 6.07) is 0. The van der Waals surface area contributed by atoms with Crippen LogP contribution >= 0.6 is 11.3 Å². The molecule has 0 fully saturated rings. The monoisotopic (exact) mass is 171 g/mol. The van der Waals surface area contributed by atoms with E-state index in [-0.39, 0.29) is 11.3 Å². The van der Waals surface area contributed by atoms with E-state index in [1.807, 2.05) is 0 Å². The summed E-state index contributed by atoms with van der Waals surface area (Å²) in [5.74, 6) is -1.09. The highest BCUT2D eigenvalue weighted by Crippen LogP contribution is 2.30. The number of halogens is 4. The van der Waals surface area contributed by atoms with Crippen molar-refractivity contribution in [3.8, 4) is 0 Å². The van der Waals surface area contributed by atoms with Gasteiger partial charge in [0, 0.05) is 5.38 Å². The summed E-state index contributed by atoms with van der Waals surface area (Å²) in [4.78, 5) is 2.61. The molecule has 1 aromatic rings. The lowest BCUT2D eigenvalue weighted by Crippen LogP contribution is -2.03. The Hall–Kier alpha value is -0.650. The molecule has 0 aliphatic heterocycles. The second kappa shape index (κ2) is 2.19. The fourth-order valence-corrected chi connectivity index (χ4v) is 0.919. The van der Waals surface area contributed by atoms with Gasteiger partial charge in [-0.15, -0.1) is 11.3 Å². The van der Waals surface area contributed by atoms with Crippen LogP contribution in [0.3, 0.4) is 0 Å². The maximum Gasteiger partial charge on any atom is 0.443 e. The lowest BCUT2D eigenvalue weighted by molar-refractivity contribution is -0.137. The van der Waals surface area contributed by atoms with Crippen LogP contribution < -0.4 is 0 Å². The molecule has 0 saturated carbocycles. The Kier molecular flexibility index (Phi) is 1.63. The van der Waals surface area contributed by atoms with Gasteiger partial charge < -0.3 is 0 Å². The highest BCUT2D eigenvalue weighted by molar-refractivity contribution is 7.09. The predicted molar refractivity (Wildman–Crippen MR) is 27.1 cm³/mol. The van der Waals surface area contributed by atoms with Crippen molar-refractivity contribution in [1.82, 2.24) is 4.98 Å². The SMILES string of the molecule is Fc1csc(C(F)(F)F)n1. The van der Waals surface area contributed by atoms with Crippen LogP contribution in [0.5, 0.6) is 0 Å². The molecule has 6 heteroatoms. The Morgan fingerprint density at radius 2 is 2.00 bits per heavy atom. The normalized spacial score (nSPS) is 12.0. The van der Waals surface area contributed by atoms with Crippen LogP contribution in [-0.2, 0) is 6.18 Å². The summed E-state index contributed by atoms with van der Waals surface area (Å²) in [6.45, 7) is 0. The quantitative estimate of drug-likeness (QED) is 0.546. The number of nitrogens with zero attached hydrogens (tertiary/aromatic N) is 1. The number of hydrogen-bond acceptors (Lipinski definition) is 2. The predicted octanol–water partition coefficient (Wildman–Crippen LogP) is 2.30. The molecule has 0 saturated heterocycles. The molecule has 1 aromatic heterocycles. The lowest BCUT2D eigenvalue weighted by Gasteiger charge is -1.97. The Labute approximate surface area is 57.3 Å². The van der Waals surface area contributed by atoms with Crippen molar-refractivity contribution in [2.75, 3.05) is 0 Å². The maximum absolute atomic E-state index is 11.9. The molecule has 0 aliphatic carbocycles. The van der Waals surface area contributed by atoms with Crippen LogP contribution in [0.15, 0.2) is 5.38 Å². The zero-order valence-corrected chi connectivity index (χ0v) is 5.26. The van der Waals surface area contributed by atoms with Crippen LogP contribution in [0.1, 0.15) is 5.01 Å². The summed E-state index contributed by atoms with van der Waals surface area (Å²) in [6.07, 6.45) is -4.52. The van der Waals surface area contributed by atoms with Crippen molar-refractivity contribution in [3.63, 3.8) is 0 Å². The average molecular weight is 171 g/mol. The minimum atomic E-state index is -4.52. The third-order valence-electron chi connectivity index (χ3n) is 0.719. The topological polar surface area (TPSA) is 12.9 Å². The van der Waals surface area contributed by atoms with Crippen LogP contribution in [0.2, 0.25) is 0 Å².